The third kappa shape index (κ3) is 2.10. The maximum Gasteiger partial charge on any atom is 0.133 e. The van der Waals surface area contributed by atoms with E-state index < -0.39 is 0 Å². The molecule has 0 spiro atoms. The molecule has 0 saturated carbocycles. The molecule has 0 aromatic rings. The van der Waals surface area contributed by atoms with E-state index in [9.17, 15) is 0 Å². The second-order valence-corrected chi connectivity index (χ2v) is 4.25. The van der Waals surface area contributed by atoms with Crippen molar-refractivity contribution in [3.05, 3.63) is 0 Å². The summed E-state index contributed by atoms with van der Waals surface area (Å²) in [6.07, 6.45) is 2.82. The van der Waals surface area contributed by atoms with E-state index >= 15 is 0 Å². The van der Waals surface area contributed by atoms with Crippen LogP contribution in [0.4, 0.5) is 0 Å². The first kappa shape index (κ1) is 7.90. The molecule has 2 saturated heterocycles. The molecule has 0 aliphatic carbocycles. The second kappa shape index (κ2) is 2.96. The van der Waals surface area contributed by atoms with Crippen molar-refractivity contribution >= 4 is 8.58 Å². The highest BCUT2D eigenvalue weighted by Crippen LogP contribution is 2.29. The van der Waals surface area contributed by atoms with Gasteiger partial charge in [0.2, 0.25) is 0 Å². The van der Waals surface area contributed by atoms with Crippen LogP contribution in [-0.4, -0.2) is 37.0 Å². The quantitative estimate of drug-likeness (QED) is 0.427. The molecule has 4 nitrogen and oxygen atoms in total. The van der Waals surface area contributed by atoms with Gasteiger partial charge in [-0.05, 0) is 12.3 Å². The first-order valence-corrected chi connectivity index (χ1v) is 5.21. The number of hydrogen-bond acceptors (Lipinski definition) is 4. The molecule has 4 N–H and O–H groups in total. The molecule has 4 unspecified atom stereocenters. The number of ether oxygens (including phenoxy) is 2. The summed E-state index contributed by atoms with van der Waals surface area (Å²) in [5, 5.41) is 0. The fourth-order valence-corrected chi connectivity index (χ4v) is 2.40. The zero-order valence-electron chi connectivity index (χ0n) is 6.19. The monoisotopic (exact) mass is 176 g/mol. The molecule has 2 aliphatic heterocycles. The van der Waals surface area contributed by atoms with Crippen LogP contribution in [-0.2, 0) is 9.47 Å². The Bertz CT molecular complexity index is 142. The Morgan fingerprint density at radius 2 is 1.36 bits per heavy atom. The van der Waals surface area contributed by atoms with E-state index in [-0.39, 0.29) is 12.5 Å². The summed E-state index contributed by atoms with van der Waals surface area (Å²) in [6.45, 7) is 0. The summed E-state index contributed by atoms with van der Waals surface area (Å²) in [4.78, 5) is 0. The van der Waals surface area contributed by atoms with Gasteiger partial charge in [-0.15, -0.1) is 8.58 Å². The van der Waals surface area contributed by atoms with Crippen LogP contribution in [0.3, 0.4) is 0 Å². The highest BCUT2D eigenvalue weighted by atomic mass is 31.1. The van der Waals surface area contributed by atoms with Crippen LogP contribution in [0.2, 0.25) is 0 Å². The second-order valence-electron chi connectivity index (χ2n) is 2.94. The Kier molecular flexibility index (Phi) is 2.12. The normalized spacial score (nSPS) is 48.5. The zero-order valence-corrected chi connectivity index (χ0v) is 7.19. The van der Waals surface area contributed by atoms with Gasteiger partial charge in [-0.25, -0.2) is 0 Å². The predicted molar refractivity (Wildman–Crippen MR) is 43.7 cm³/mol. The fraction of sp³-hybridized carbons (Fsp3) is 1.00. The van der Waals surface area contributed by atoms with Crippen molar-refractivity contribution in [2.24, 2.45) is 11.5 Å². The van der Waals surface area contributed by atoms with Gasteiger partial charge >= 0.3 is 0 Å². The minimum absolute atomic E-state index is 0.0105. The van der Waals surface area contributed by atoms with Crippen LogP contribution in [0.25, 0.3) is 0 Å². The van der Waals surface area contributed by atoms with Crippen LogP contribution >= 0.6 is 8.58 Å². The highest BCUT2D eigenvalue weighted by molar-refractivity contribution is 7.38. The van der Waals surface area contributed by atoms with E-state index in [2.05, 4.69) is 0 Å². The summed E-state index contributed by atoms with van der Waals surface area (Å²) >= 11 is 0. The van der Waals surface area contributed by atoms with Crippen molar-refractivity contribution in [1.29, 1.82) is 0 Å². The Morgan fingerprint density at radius 1 is 1.00 bits per heavy atom. The molecule has 4 atom stereocenters. The van der Waals surface area contributed by atoms with E-state index in [1.807, 2.05) is 0 Å². The van der Waals surface area contributed by atoms with Gasteiger partial charge in [0.05, 0.1) is 0 Å². The van der Waals surface area contributed by atoms with Crippen molar-refractivity contribution in [3.8, 4) is 0 Å². The smallest absolute Gasteiger partial charge is 0.133 e. The summed E-state index contributed by atoms with van der Waals surface area (Å²) in [5.74, 6) is 0. The minimum atomic E-state index is 0.0105. The summed E-state index contributed by atoms with van der Waals surface area (Å²) in [6, 6.07) is 0. The average molecular weight is 176 g/mol. The van der Waals surface area contributed by atoms with Crippen LogP contribution in [0, 0.1) is 0 Å². The molecule has 0 bridgehead atoms. The molecule has 2 fully saturated rings. The number of epoxide rings is 2. The topological polar surface area (TPSA) is 77.1 Å². The Labute approximate surface area is 67.4 Å². The van der Waals surface area contributed by atoms with E-state index in [0.717, 1.165) is 20.9 Å². The van der Waals surface area contributed by atoms with Gasteiger partial charge in [0.15, 0.2) is 0 Å². The third-order valence-electron chi connectivity index (χ3n) is 1.93. The van der Waals surface area contributed by atoms with Gasteiger partial charge in [0, 0.05) is 0 Å². The molecule has 11 heavy (non-hydrogen) atoms. The summed E-state index contributed by atoms with van der Waals surface area (Å²) in [5.41, 5.74) is 10.9. The fourth-order valence-electron chi connectivity index (χ4n) is 1.01. The first-order chi connectivity index (χ1) is 5.27. The van der Waals surface area contributed by atoms with E-state index in [1.165, 1.54) is 0 Å². The first-order valence-electron chi connectivity index (χ1n) is 3.80. The highest BCUT2D eigenvalue weighted by Gasteiger charge is 2.37. The Morgan fingerprint density at radius 3 is 1.64 bits per heavy atom. The largest absolute Gasteiger partial charge is 0.353 e. The Balaban J connectivity index is 1.48. The SMILES string of the molecule is NC1OC1CPCC1OC1N. The molecular formula is C6H13N2O2P. The lowest BCUT2D eigenvalue weighted by atomic mass is 10.5. The van der Waals surface area contributed by atoms with Crippen molar-refractivity contribution in [1.82, 2.24) is 0 Å². The maximum atomic E-state index is 5.45. The van der Waals surface area contributed by atoms with Gasteiger partial charge < -0.3 is 20.9 Å². The van der Waals surface area contributed by atoms with Gasteiger partial charge in [-0.1, -0.05) is 0 Å². The van der Waals surface area contributed by atoms with E-state index in [4.69, 9.17) is 20.9 Å². The predicted octanol–water partition coefficient (Wildman–Crippen LogP) is -0.968. The van der Waals surface area contributed by atoms with Crippen molar-refractivity contribution in [3.63, 3.8) is 0 Å². The average Bonchev–Trinajstić information content (AvgIpc) is 2.79. The molecular weight excluding hydrogens is 163 g/mol. The molecule has 2 aliphatic rings. The molecule has 0 radical (unpaired) electrons. The summed E-state index contributed by atoms with van der Waals surface area (Å²) < 4.78 is 10.1. The number of hydrogen-bond donors (Lipinski definition) is 2. The molecule has 2 rings (SSSR count). The molecule has 0 aromatic carbocycles. The van der Waals surface area contributed by atoms with Crippen LogP contribution < -0.4 is 11.5 Å². The van der Waals surface area contributed by atoms with Crippen LogP contribution in [0.5, 0.6) is 0 Å². The van der Waals surface area contributed by atoms with Crippen LogP contribution in [0.1, 0.15) is 0 Å². The third-order valence-corrected chi connectivity index (χ3v) is 3.32. The van der Waals surface area contributed by atoms with Gasteiger partial charge in [-0.3, -0.25) is 0 Å². The van der Waals surface area contributed by atoms with Crippen molar-refractivity contribution < 1.29 is 9.47 Å². The van der Waals surface area contributed by atoms with Gasteiger partial charge in [-0.2, -0.15) is 0 Å². The maximum absolute atomic E-state index is 5.45. The van der Waals surface area contributed by atoms with Crippen molar-refractivity contribution in [2.75, 3.05) is 12.3 Å². The Hall–Kier alpha value is 0.270. The number of rotatable bonds is 4. The van der Waals surface area contributed by atoms with E-state index in [1.54, 1.807) is 0 Å². The lowest BCUT2D eigenvalue weighted by molar-refractivity contribution is 0.382. The molecule has 0 amide bonds. The lowest BCUT2D eigenvalue weighted by Crippen LogP contribution is -2.09. The summed E-state index contributed by atoms with van der Waals surface area (Å²) in [7, 11) is 0.880. The molecule has 5 heteroatoms. The standard InChI is InChI=1S/C6H13N2O2P/c7-5-3(9-5)1-11-2-4-6(8)10-4/h3-6,11H,1-2,7-8H2. The minimum Gasteiger partial charge on any atom is -0.353 e. The van der Waals surface area contributed by atoms with E-state index in [0.29, 0.717) is 12.2 Å². The number of nitrogens with two attached hydrogens (primary N) is 2. The molecule has 0 aromatic heterocycles. The molecule has 2 heterocycles. The lowest BCUT2D eigenvalue weighted by Gasteiger charge is -1.92. The van der Waals surface area contributed by atoms with Gasteiger partial charge in [0.25, 0.3) is 0 Å². The van der Waals surface area contributed by atoms with Crippen molar-refractivity contribution in [2.45, 2.75) is 24.7 Å². The van der Waals surface area contributed by atoms with Gasteiger partial charge in [0.1, 0.15) is 24.7 Å². The van der Waals surface area contributed by atoms with Crippen LogP contribution in [0.15, 0.2) is 0 Å². The molecule has 64 valence electrons. The zero-order chi connectivity index (χ0) is 7.84.